The van der Waals surface area contributed by atoms with Gasteiger partial charge in [0.05, 0.1) is 5.75 Å². The average molecular weight is 256 g/mol. The Morgan fingerprint density at radius 3 is 1.80 bits per heavy atom. The first-order valence-corrected chi connectivity index (χ1v) is 5.50. The van der Waals surface area contributed by atoms with Crippen LogP contribution in [0.2, 0.25) is 0 Å². The van der Waals surface area contributed by atoms with Gasteiger partial charge >= 0.3 is 18.3 Å². The largest absolute Gasteiger partial charge is 0.370 e. The summed E-state index contributed by atoms with van der Waals surface area (Å²) < 4.78 is 95.0. The normalized spacial score (nSPS) is 26.5. The summed E-state index contributed by atoms with van der Waals surface area (Å²) in [6.45, 7) is 0. The molecule has 1 rings (SSSR count). The second-order valence-corrected chi connectivity index (χ2v) is 5.49. The van der Waals surface area contributed by atoms with E-state index in [0.29, 0.717) is 0 Å². The Morgan fingerprint density at radius 2 is 1.60 bits per heavy atom. The minimum absolute atomic E-state index is 0.674. The van der Waals surface area contributed by atoms with Crippen LogP contribution in [0.3, 0.4) is 0 Å². The van der Waals surface area contributed by atoms with Crippen molar-refractivity contribution in [3.8, 4) is 0 Å². The van der Waals surface area contributed by atoms with Gasteiger partial charge < -0.3 is 0 Å². The fraction of sp³-hybridized carbons (Fsp3) is 1.00. The molecule has 0 saturated carbocycles. The van der Waals surface area contributed by atoms with Gasteiger partial charge in [0.15, 0.2) is 9.84 Å². The lowest BCUT2D eigenvalue weighted by molar-refractivity contribution is -0.265. The average Bonchev–Trinajstić information content (AvgIpc) is 2.01. The summed E-state index contributed by atoms with van der Waals surface area (Å²) in [6.07, 6.45) is -5.32. The van der Waals surface area contributed by atoms with Crippen LogP contribution in [-0.2, 0) is 9.84 Å². The van der Waals surface area contributed by atoms with Gasteiger partial charge in [-0.05, 0) is 6.42 Å². The van der Waals surface area contributed by atoms with Crippen molar-refractivity contribution in [1.82, 2.24) is 0 Å². The topological polar surface area (TPSA) is 34.1 Å². The molecule has 90 valence electrons. The molecule has 0 N–H and O–H groups in total. The van der Waals surface area contributed by atoms with E-state index in [1.807, 2.05) is 0 Å². The number of alkyl halides is 6. The molecule has 1 heterocycles. The predicted molar refractivity (Wildman–Crippen MR) is 38.1 cm³/mol. The molecule has 0 amide bonds. The molecular weight excluding hydrogens is 250 g/mol. The molecule has 1 aliphatic heterocycles. The highest BCUT2D eigenvalue weighted by molar-refractivity contribution is 7.93. The first-order chi connectivity index (χ1) is 6.53. The number of halogens is 6. The van der Waals surface area contributed by atoms with Gasteiger partial charge in [-0.25, -0.2) is 17.2 Å². The second-order valence-electron chi connectivity index (χ2n) is 3.19. The first kappa shape index (κ1) is 12.6. The van der Waals surface area contributed by atoms with E-state index in [2.05, 4.69) is 0 Å². The summed E-state index contributed by atoms with van der Waals surface area (Å²) in [5.74, 6) is -11.5. The summed E-state index contributed by atoms with van der Waals surface area (Å²) >= 11 is 0. The summed E-state index contributed by atoms with van der Waals surface area (Å²) in [4.78, 5) is 0. The third-order valence-electron chi connectivity index (χ3n) is 2.22. The Hall–Kier alpha value is -0.470. The molecule has 0 aromatic carbocycles. The Labute approximate surface area is 81.2 Å². The Morgan fingerprint density at radius 1 is 1.13 bits per heavy atom. The lowest BCUT2D eigenvalue weighted by Crippen LogP contribution is -2.60. The van der Waals surface area contributed by atoms with Crippen molar-refractivity contribution in [2.75, 3.05) is 5.75 Å². The molecule has 0 radical (unpaired) electrons. The number of hydrogen-bond acceptors (Lipinski definition) is 2. The van der Waals surface area contributed by atoms with Crippen LogP contribution in [-0.4, -0.2) is 37.7 Å². The van der Waals surface area contributed by atoms with E-state index in [1.54, 1.807) is 0 Å². The third kappa shape index (κ3) is 1.70. The molecule has 1 saturated heterocycles. The first-order valence-electron chi connectivity index (χ1n) is 3.79. The molecule has 1 unspecified atom stereocenters. The van der Waals surface area contributed by atoms with E-state index >= 15 is 0 Å². The van der Waals surface area contributed by atoms with E-state index in [9.17, 15) is 34.8 Å². The van der Waals surface area contributed by atoms with Gasteiger partial charge in [-0.2, -0.15) is 17.6 Å². The molecule has 1 atom stereocenters. The van der Waals surface area contributed by atoms with Crippen LogP contribution in [0.1, 0.15) is 6.42 Å². The Kier molecular flexibility index (Phi) is 2.74. The van der Waals surface area contributed by atoms with Gasteiger partial charge in [0.2, 0.25) is 0 Å². The van der Waals surface area contributed by atoms with Crippen molar-refractivity contribution < 1.29 is 34.8 Å². The SMILES string of the molecule is O=S1(=O)CCC1C(F)(F)C(F)(F)C(F)F. The van der Waals surface area contributed by atoms with E-state index in [1.165, 1.54) is 0 Å². The monoisotopic (exact) mass is 256 g/mol. The molecule has 9 heteroatoms. The molecule has 0 spiro atoms. The molecule has 15 heavy (non-hydrogen) atoms. The van der Waals surface area contributed by atoms with E-state index in [4.69, 9.17) is 0 Å². The molecule has 2 nitrogen and oxygen atoms in total. The van der Waals surface area contributed by atoms with Gasteiger partial charge in [-0.15, -0.1) is 0 Å². The van der Waals surface area contributed by atoms with Gasteiger partial charge in [0.1, 0.15) is 5.25 Å². The summed E-state index contributed by atoms with van der Waals surface area (Å²) in [7, 11) is -4.36. The van der Waals surface area contributed by atoms with Crippen molar-refractivity contribution in [2.45, 2.75) is 29.9 Å². The fourth-order valence-electron chi connectivity index (χ4n) is 1.20. The van der Waals surface area contributed by atoms with Crippen LogP contribution in [0, 0.1) is 0 Å². The highest BCUT2D eigenvalue weighted by Gasteiger charge is 2.71. The van der Waals surface area contributed by atoms with Crippen molar-refractivity contribution in [2.24, 2.45) is 0 Å². The van der Waals surface area contributed by atoms with Crippen molar-refractivity contribution in [3.63, 3.8) is 0 Å². The number of hydrogen-bond donors (Lipinski definition) is 0. The highest BCUT2D eigenvalue weighted by Crippen LogP contribution is 2.47. The lowest BCUT2D eigenvalue weighted by Gasteiger charge is -2.36. The van der Waals surface area contributed by atoms with Crippen LogP contribution in [0.4, 0.5) is 26.3 Å². The summed E-state index contributed by atoms with van der Waals surface area (Å²) in [5.41, 5.74) is 0. The van der Waals surface area contributed by atoms with E-state index < -0.39 is 45.5 Å². The zero-order valence-corrected chi connectivity index (χ0v) is 7.88. The molecule has 0 aromatic heterocycles. The van der Waals surface area contributed by atoms with E-state index in [0.717, 1.165) is 0 Å². The zero-order chi connectivity index (χ0) is 12.1. The molecule has 0 aromatic rings. The molecule has 1 aliphatic rings. The second kappa shape index (κ2) is 3.26. The maximum Gasteiger partial charge on any atom is 0.370 e. The standard InChI is InChI=1S/C6H6F6O2S/c7-4(8)6(11,12)5(9,10)3-1-2-15(3,13)14/h3-4H,1-2H2. The van der Waals surface area contributed by atoms with Gasteiger partial charge in [-0.3, -0.25) is 0 Å². The quantitative estimate of drug-likeness (QED) is 0.720. The Balaban J connectivity index is 3.03. The van der Waals surface area contributed by atoms with Crippen LogP contribution in [0.15, 0.2) is 0 Å². The summed E-state index contributed by atoms with van der Waals surface area (Å²) in [5, 5.41) is -2.70. The number of rotatable bonds is 3. The molecular formula is C6H6F6O2S. The van der Waals surface area contributed by atoms with Crippen LogP contribution in [0.5, 0.6) is 0 Å². The number of sulfone groups is 1. The van der Waals surface area contributed by atoms with Crippen molar-refractivity contribution >= 4 is 9.84 Å². The van der Waals surface area contributed by atoms with Crippen molar-refractivity contribution in [1.29, 1.82) is 0 Å². The van der Waals surface area contributed by atoms with Crippen molar-refractivity contribution in [3.05, 3.63) is 0 Å². The van der Waals surface area contributed by atoms with E-state index in [-0.39, 0.29) is 0 Å². The molecule has 1 fully saturated rings. The van der Waals surface area contributed by atoms with Crippen LogP contribution < -0.4 is 0 Å². The zero-order valence-electron chi connectivity index (χ0n) is 7.06. The minimum atomic E-state index is -5.62. The maximum absolute atomic E-state index is 12.8. The fourth-order valence-corrected chi connectivity index (χ4v) is 2.66. The minimum Gasteiger partial charge on any atom is -0.228 e. The van der Waals surface area contributed by atoms with Crippen LogP contribution in [0.25, 0.3) is 0 Å². The third-order valence-corrected chi connectivity index (χ3v) is 4.42. The lowest BCUT2D eigenvalue weighted by atomic mass is 10.1. The smallest absolute Gasteiger partial charge is 0.228 e. The Bertz CT molecular complexity index is 349. The highest BCUT2D eigenvalue weighted by atomic mass is 32.2. The molecule has 0 bridgehead atoms. The van der Waals surface area contributed by atoms with Crippen LogP contribution >= 0.6 is 0 Å². The molecule has 0 aliphatic carbocycles. The van der Waals surface area contributed by atoms with Gasteiger partial charge in [0, 0.05) is 0 Å². The van der Waals surface area contributed by atoms with Gasteiger partial charge in [-0.1, -0.05) is 0 Å². The predicted octanol–water partition coefficient (Wildman–Crippen LogP) is 1.71. The summed E-state index contributed by atoms with van der Waals surface area (Å²) in [6, 6.07) is 0. The van der Waals surface area contributed by atoms with Gasteiger partial charge in [0.25, 0.3) is 0 Å². The maximum atomic E-state index is 12.8.